The third-order valence-electron chi connectivity index (χ3n) is 2.83. The molecule has 0 radical (unpaired) electrons. The minimum absolute atomic E-state index is 0.172. The van der Waals surface area contributed by atoms with E-state index in [1.165, 1.54) is 12.5 Å². The first-order valence-corrected chi connectivity index (χ1v) is 6.12. The molecule has 0 atom stereocenters. The zero-order valence-corrected chi connectivity index (χ0v) is 10.6. The van der Waals surface area contributed by atoms with Crippen molar-refractivity contribution in [3.63, 3.8) is 0 Å². The fourth-order valence-electron chi connectivity index (χ4n) is 1.78. The van der Waals surface area contributed by atoms with Crippen molar-refractivity contribution in [2.75, 3.05) is 0 Å². The first-order chi connectivity index (χ1) is 9.83. The molecule has 3 heterocycles. The van der Waals surface area contributed by atoms with Crippen LogP contribution >= 0.6 is 0 Å². The first-order valence-electron chi connectivity index (χ1n) is 6.12. The smallest absolute Gasteiger partial charge is 0.254 e. The van der Waals surface area contributed by atoms with Gasteiger partial charge in [0.25, 0.3) is 5.91 Å². The van der Waals surface area contributed by atoms with Crippen LogP contribution in [0.1, 0.15) is 15.9 Å². The molecule has 5 heteroatoms. The van der Waals surface area contributed by atoms with Crippen LogP contribution in [-0.4, -0.2) is 10.9 Å². The van der Waals surface area contributed by atoms with Crippen LogP contribution in [0, 0.1) is 0 Å². The van der Waals surface area contributed by atoms with Crippen LogP contribution in [0.5, 0.6) is 0 Å². The summed E-state index contributed by atoms with van der Waals surface area (Å²) in [6.45, 7) is 0.412. The van der Waals surface area contributed by atoms with Crippen molar-refractivity contribution in [3.05, 3.63) is 66.4 Å². The third kappa shape index (κ3) is 2.61. The summed E-state index contributed by atoms with van der Waals surface area (Å²) in [5, 5.41) is 2.79. The van der Waals surface area contributed by atoms with Crippen LogP contribution in [0.3, 0.4) is 0 Å². The van der Waals surface area contributed by atoms with Gasteiger partial charge in [-0.05, 0) is 29.8 Å². The number of furan rings is 2. The average Bonchev–Trinajstić information content (AvgIpc) is 3.18. The Bertz CT molecular complexity index is 671. The van der Waals surface area contributed by atoms with Crippen LogP contribution < -0.4 is 5.32 Å². The molecule has 100 valence electrons. The summed E-state index contributed by atoms with van der Waals surface area (Å²) < 4.78 is 10.1. The van der Waals surface area contributed by atoms with Gasteiger partial charge in [-0.25, -0.2) is 0 Å². The fourth-order valence-corrected chi connectivity index (χ4v) is 1.78. The highest BCUT2D eigenvalue weighted by molar-refractivity contribution is 5.93. The SMILES string of the molecule is O=C(NCc1ccc(-c2ccco2)nc1)c1ccoc1. The number of nitrogens with zero attached hydrogens (tertiary/aromatic N) is 1. The standard InChI is InChI=1S/C15H12N2O3/c18-15(12-5-7-19-10-12)17-9-11-3-4-13(16-8-11)14-2-1-6-20-14/h1-8,10H,9H2,(H,17,18). The molecule has 0 aliphatic carbocycles. The van der Waals surface area contributed by atoms with Crippen molar-refractivity contribution in [2.45, 2.75) is 6.54 Å². The molecule has 3 aromatic heterocycles. The number of aromatic nitrogens is 1. The van der Waals surface area contributed by atoms with Gasteiger partial charge < -0.3 is 14.2 Å². The van der Waals surface area contributed by atoms with Crippen molar-refractivity contribution in [1.82, 2.24) is 10.3 Å². The molecule has 20 heavy (non-hydrogen) atoms. The van der Waals surface area contributed by atoms with Gasteiger partial charge in [0.05, 0.1) is 18.1 Å². The lowest BCUT2D eigenvalue weighted by Crippen LogP contribution is -2.22. The second kappa shape index (κ2) is 5.44. The summed E-state index contributed by atoms with van der Waals surface area (Å²) >= 11 is 0. The first kappa shape index (κ1) is 12.2. The van der Waals surface area contributed by atoms with Gasteiger partial charge in [-0.15, -0.1) is 0 Å². The number of carbonyl (C=O) groups excluding carboxylic acids is 1. The number of amides is 1. The van der Waals surface area contributed by atoms with Crippen molar-refractivity contribution in [3.8, 4) is 11.5 Å². The maximum absolute atomic E-state index is 11.7. The largest absolute Gasteiger partial charge is 0.472 e. The lowest BCUT2D eigenvalue weighted by Gasteiger charge is -2.04. The highest BCUT2D eigenvalue weighted by Crippen LogP contribution is 2.17. The molecule has 0 aliphatic heterocycles. The third-order valence-corrected chi connectivity index (χ3v) is 2.83. The van der Waals surface area contributed by atoms with Crippen molar-refractivity contribution in [2.24, 2.45) is 0 Å². The van der Waals surface area contributed by atoms with E-state index in [4.69, 9.17) is 8.83 Å². The summed E-state index contributed by atoms with van der Waals surface area (Å²) in [7, 11) is 0. The van der Waals surface area contributed by atoms with Gasteiger partial charge in [0.1, 0.15) is 12.0 Å². The van der Waals surface area contributed by atoms with Crippen LogP contribution in [0.15, 0.2) is 64.2 Å². The van der Waals surface area contributed by atoms with E-state index in [0.29, 0.717) is 12.1 Å². The highest BCUT2D eigenvalue weighted by atomic mass is 16.3. The van der Waals surface area contributed by atoms with Gasteiger partial charge in [-0.1, -0.05) is 6.07 Å². The Morgan fingerprint density at radius 3 is 2.80 bits per heavy atom. The summed E-state index contributed by atoms with van der Waals surface area (Å²) in [6.07, 6.45) is 6.20. The Hall–Kier alpha value is -2.82. The van der Waals surface area contributed by atoms with Gasteiger partial charge in [0, 0.05) is 12.7 Å². The predicted octanol–water partition coefficient (Wildman–Crippen LogP) is 2.86. The predicted molar refractivity (Wildman–Crippen MR) is 71.8 cm³/mol. The molecule has 3 aromatic rings. The van der Waals surface area contributed by atoms with Gasteiger partial charge in [0.2, 0.25) is 0 Å². The number of pyridine rings is 1. The second-order valence-electron chi connectivity index (χ2n) is 4.22. The lowest BCUT2D eigenvalue weighted by molar-refractivity contribution is 0.0950. The molecular weight excluding hydrogens is 256 g/mol. The Morgan fingerprint density at radius 1 is 1.20 bits per heavy atom. The maximum atomic E-state index is 11.7. The van der Waals surface area contributed by atoms with Gasteiger partial charge >= 0.3 is 0 Å². The molecule has 5 nitrogen and oxygen atoms in total. The molecule has 0 aromatic carbocycles. The monoisotopic (exact) mass is 268 g/mol. The van der Waals surface area contributed by atoms with Crippen LogP contribution in [0.25, 0.3) is 11.5 Å². The Labute approximate surface area is 115 Å². The second-order valence-corrected chi connectivity index (χ2v) is 4.22. The topological polar surface area (TPSA) is 68.3 Å². The van der Waals surface area contributed by atoms with E-state index in [1.807, 2.05) is 24.3 Å². The van der Waals surface area contributed by atoms with E-state index in [1.54, 1.807) is 18.5 Å². The molecular formula is C15H12N2O3. The summed E-state index contributed by atoms with van der Waals surface area (Å²) in [4.78, 5) is 16.0. The maximum Gasteiger partial charge on any atom is 0.254 e. The average molecular weight is 268 g/mol. The molecule has 0 saturated carbocycles. The molecule has 0 unspecified atom stereocenters. The zero-order chi connectivity index (χ0) is 13.8. The Balaban J connectivity index is 1.63. The van der Waals surface area contributed by atoms with E-state index < -0.39 is 0 Å². The molecule has 0 fully saturated rings. The van der Waals surface area contributed by atoms with E-state index in [2.05, 4.69) is 10.3 Å². The van der Waals surface area contributed by atoms with Crippen LogP contribution in [-0.2, 0) is 6.54 Å². The quantitative estimate of drug-likeness (QED) is 0.790. The van der Waals surface area contributed by atoms with Crippen molar-refractivity contribution < 1.29 is 13.6 Å². The molecule has 0 spiro atoms. The van der Waals surface area contributed by atoms with Crippen LogP contribution in [0.4, 0.5) is 0 Å². The zero-order valence-electron chi connectivity index (χ0n) is 10.6. The highest BCUT2D eigenvalue weighted by Gasteiger charge is 2.07. The van der Waals surface area contributed by atoms with Gasteiger partial charge in [-0.2, -0.15) is 0 Å². The molecule has 0 bridgehead atoms. The Kier molecular flexibility index (Phi) is 3.33. The lowest BCUT2D eigenvalue weighted by atomic mass is 10.2. The van der Waals surface area contributed by atoms with Gasteiger partial charge in [0.15, 0.2) is 5.76 Å². The van der Waals surface area contributed by atoms with Crippen LogP contribution in [0.2, 0.25) is 0 Å². The molecule has 0 aliphatic rings. The number of carbonyl (C=O) groups is 1. The number of rotatable bonds is 4. The van der Waals surface area contributed by atoms with E-state index in [0.717, 1.165) is 17.0 Å². The number of nitrogens with one attached hydrogen (secondary N) is 1. The van der Waals surface area contributed by atoms with Crippen molar-refractivity contribution >= 4 is 5.91 Å². The van der Waals surface area contributed by atoms with Gasteiger partial charge in [-0.3, -0.25) is 9.78 Å². The van der Waals surface area contributed by atoms with E-state index in [9.17, 15) is 4.79 Å². The minimum Gasteiger partial charge on any atom is -0.472 e. The minimum atomic E-state index is -0.172. The summed E-state index contributed by atoms with van der Waals surface area (Å²) in [5.41, 5.74) is 2.18. The normalized spacial score (nSPS) is 10.4. The molecule has 0 saturated heterocycles. The summed E-state index contributed by atoms with van der Waals surface area (Å²) in [6, 6.07) is 9.05. The molecule has 1 amide bonds. The van der Waals surface area contributed by atoms with Crippen molar-refractivity contribution in [1.29, 1.82) is 0 Å². The fraction of sp³-hybridized carbons (Fsp3) is 0.0667. The number of hydrogen-bond acceptors (Lipinski definition) is 4. The molecule has 3 rings (SSSR count). The summed E-state index contributed by atoms with van der Waals surface area (Å²) in [5.74, 6) is 0.549. The molecule has 1 N–H and O–H groups in total. The Morgan fingerprint density at radius 2 is 2.15 bits per heavy atom. The van der Waals surface area contributed by atoms with E-state index in [-0.39, 0.29) is 5.91 Å². The van der Waals surface area contributed by atoms with E-state index >= 15 is 0 Å². The number of hydrogen-bond donors (Lipinski definition) is 1.